The summed E-state index contributed by atoms with van der Waals surface area (Å²) >= 11 is 0. The molecule has 0 radical (unpaired) electrons. The molecule has 7 nitrogen and oxygen atoms in total. The Bertz CT molecular complexity index is 863. The number of esters is 1. The molecule has 0 saturated heterocycles. The van der Waals surface area contributed by atoms with Crippen LogP contribution < -0.4 is 10.5 Å². The first-order valence-corrected chi connectivity index (χ1v) is 9.76. The van der Waals surface area contributed by atoms with Gasteiger partial charge in [-0.3, -0.25) is 4.90 Å². The lowest BCUT2D eigenvalue weighted by Gasteiger charge is -2.28. The van der Waals surface area contributed by atoms with Crippen molar-refractivity contribution in [1.82, 2.24) is 4.90 Å². The molecule has 0 saturated carbocycles. The van der Waals surface area contributed by atoms with Crippen molar-refractivity contribution in [3.8, 4) is 11.8 Å². The summed E-state index contributed by atoms with van der Waals surface area (Å²) in [6, 6.07) is 7.77. The lowest BCUT2D eigenvalue weighted by molar-refractivity contribution is -0.139. The van der Waals surface area contributed by atoms with E-state index in [4.69, 9.17) is 19.9 Å². The molecule has 2 rings (SSSR count). The Morgan fingerprint density at radius 3 is 2.55 bits per heavy atom. The Morgan fingerprint density at radius 1 is 1.31 bits per heavy atom. The Hall–Kier alpha value is -2.98. The highest BCUT2D eigenvalue weighted by molar-refractivity contribution is 5.92. The van der Waals surface area contributed by atoms with E-state index in [0.29, 0.717) is 12.3 Å². The number of nitrogens with two attached hydrogens (primary N) is 1. The van der Waals surface area contributed by atoms with Crippen LogP contribution >= 0.6 is 0 Å². The van der Waals surface area contributed by atoms with Gasteiger partial charge in [0.05, 0.1) is 25.2 Å². The number of hydrogen-bond acceptors (Lipinski definition) is 7. The van der Waals surface area contributed by atoms with Crippen LogP contribution in [-0.4, -0.2) is 37.7 Å². The smallest absolute Gasteiger partial charge is 0.338 e. The summed E-state index contributed by atoms with van der Waals surface area (Å²) in [5.74, 6) is -0.0812. The summed E-state index contributed by atoms with van der Waals surface area (Å²) in [5.41, 5.74) is 8.19. The normalized spacial score (nSPS) is 16.5. The van der Waals surface area contributed by atoms with Gasteiger partial charge >= 0.3 is 5.97 Å². The minimum atomic E-state index is -0.658. The standard InChI is InChI=1S/C22H29N3O4/c1-6-25(7-2)13-16-11-15(9-10-18(16)27-5)20-17(12-23)21(24)29-14(4)19(20)22(26)28-8-3/h9-11,20H,6-8,13,24H2,1-5H3. The molecular formula is C22H29N3O4. The largest absolute Gasteiger partial charge is 0.496 e. The fourth-order valence-corrected chi connectivity index (χ4v) is 3.48. The molecule has 0 bridgehead atoms. The first kappa shape index (κ1) is 22.3. The number of nitriles is 1. The number of rotatable bonds is 8. The van der Waals surface area contributed by atoms with Crippen LogP contribution in [0.3, 0.4) is 0 Å². The zero-order valence-electron chi connectivity index (χ0n) is 17.7. The molecule has 29 heavy (non-hydrogen) atoms. The van der Waals surface area contributed by atoms with Crippen molar-refractivity contribution >= 4 is 5.97 Å². The van der Waals surface area contributed by atoms with E-state index in [2.05, 4.69) is 24.8 Å². The molecule has 0 aromatic heterocycles. The Kier molecular flexibility index (Phi) is 7.68. The summed E-state index contributed by atoms with van der Waals surface area (Å²) < 4.78 is 16.2. The Labute approximate surface area is 172 Å². The van der Waals surface area contributed by atoms with Gasteiger partial charge in [0, 0.05) is 12.1 Å². The molecule has 1 aromatic rings. The van der Waals surface area contributed by atoms with Crippen LogP contribution in [0.4, 0.5) is 0 Å². The van der Waals surface area contributed by atoms with Crippen molar-refractivity contribution in [2.24, 2.45) is 5.73 Å². The van der Waals surface area contributed by atoms with Crippen LogP contribution in [-0.2, 0) is 20.8 Å². The van der Waals surface area contributed by atoms with E-state index in [9.17, 15) is 10.1 Å². The van der Waals surface area contributed by atoms with Gasteiger partial charge in [0.2, 0.25) is 5.88 Å². The highest BCUT2D eigenvalue weighted by Gasteiger charge is 2.36. The Balaban J connectivity index is 2.61. The average Bonchev–Trinajstić information content (AvgIpc) is 2.71. The van der Waals surface area contributed by atoms with Crippen LogP contribution in [0.1, 0.15) is 44.7 Å². The van der Waals surface area contributed by atoms with Crippen molar-refractivity contribution in [2.45, 2.75) is 40.2 Å². The van der Waals surface area contributed by atoms with Gasteiger partial charge in [0.25, 0.3) is 0 Å². The second-order valence-corrected chi connectivity index (χ2v) is 6.65. The lowest BCUT2D eigenvalue weighted by atomic mass is 9.82. The molecule has 1 heterocycles. The molecule has 0 amide bonds. The summed E-state index contributed by atoms with van der Waals surface area (Å²) in [6.45, 7) is 10.3. The third kappa shape index (κ3) is 4.72. The zero-order chi connectivity index (χ0) is 21.6. The number of ether oxygens (including phenoxy) is 3. The SMILES string of the molecule is CCOC(=O)C1=C(C)OC(N)=C(C#N)C1c1ccc(OC)c(CN(CC)CC)c1. The third-order valence-corrected chi connectivity index (χ3v) is 5.03. The molecule has 1 aromatic carbocycles. The molecule has 7 heteroatoms. The van der Waals surface area contributed by atoms with E-state index in [1.54, 1.807) is 21.0 Å². The fourth-order valence-electron chi connectivity index (χ4n) is 3.48. The molecular weight excluding hydrogens is 370 g/mol. The van der Waals surface area contributed by atoms with E-state index < -0.39 is 11.9 Å². The number of benzene rings is 1. The van der Waals surface area contributed by atoms with Crippen molar-refractivity contribution in [2.75, 3.05) is 26.8 Å². The minimum Gasteiger partial charge on any atom is -0.496 e. The summed E-state index contributed by atoms with van der Waals surface area (Å²) in [5, 5.41) is 9.73. The molecule has 0 aliphatic carbocycles. The fraction of sp³-hybridized carbons (Fsp3) is 0.455. The van der Waals surface area contributed by atoms with Crippen LogP contribution in [0.25, 0.3) is 0 Å². The number of carbonyl (C=O) groups excluding carboxylic acids is 1. The van der Waals surface area contributed by atoms with Crippen molar-refractivity contribution in [3.05, 3.63) is 52.1 Å². The van der Waals surface area contributed by atoms with Gasteiger partial charge in [0.15, 0.2) is 0 Å². The zero-order valence-corrected chi connectivity index (χ0v) is 17.7. The van der Waals surface area contributed by atoms with Gasteiger partial charge in [-0.25, -0.2) is 4.79 Å². The Morgan fingerprint density at radius 2 is 2.00 bits per heavy atom. The second kappa shape index (κ2) is 9.99. The predicted molar refractivity (Wildman–Crippen MR) is 110 cm³/mol. The summed E-state index contributed by atoms with van der Waals surface area (Å²) in [6.07, 6.45) is 0. The molecule has 156 valence electrons. The van der Waals surface area contributed by atoms with Gasteiger partial charge in [-0.05, 0) is 44.6 Å². The number of nitrogens with zero attached hydrogens (tertiary/aromatic N) is 2. The molecule has 1 aliphatic heterocycles. The quantitative estimate of drug-likeness (QED) is 0.670. The molecule has 2 N–H and O–H groups in total. The lowest BCUT2D eigenvalue weighted by Crippen LogP contribution is -2.26. The summed E-state index contributed by atoms with van der Waals surface area (Å²) in [4.78, 5) is 14.9. The number of methoxy groups -OCH3 is 1. The van der Waals surface area contributed by atoms with E-state index >= 15 is 0 Å². The number of carbonyl (C=O) groups is 1. The van der Waals surface area contributed by atoms with Crippen molar-refractivity contribution in [3.63, 3.8) is 0 Å². The maximum Gasteiger partial charge on any atom is 0.338 e. The van der Waals surface area contributed by atoms with Crippen LogP contribution in [0.5, 0.6) is 5.75 Å². The second-order valence-electron chi connectivity index (χ2n) is 6.65. The topological polar surface area (TPSA) is 97.8 Å². The van der Waals surface area contributed by atoms with E-state index in [0.717, 1.165) is 30.0 Å². The van der Waals surface area contributed by atoms with Crippen LogP contribution in [0.15, 0.2) is 41.0 Å². The average molecular weight is 399 g/mol. The molecule has 0 fully saturated rings. The van der Waals surface area contributed by atoms with Crippen LogP contribution in [0, 0.1) is 11.3 Å². The van der Waals surface area contributed by atoms with E-state index in [1.165, 1.54) is 0 Å². The van der Waals surface area contributed by atoms with Gasteiger partial charge in [0.1, 0.15) is 23.2 Å². The molecule has 1 unspecified atom stereocenters. The van der Waals surface area contributed by atoms with Gasteiger partial charge in [-0.15, -0.1) is 0 Å². The molecule has 1 aliphatic rings. The van der Waals surface area contributed by atoms with Crippen molar-refractivity contribution < 1.29 is 19.0 Å². The first-order valence-electron chi connectivity index (χ1n) is 9.76. The third-order valence-electron chi connectivity index (χ3n) is 5.03. The summed E-state index contributed by atoms with van der Waals surface area (Å²) in [7, 11) is 1.63. The highest BCUT2D eigenvalue weighted by Crippen LogP contribution is 2.40. The molecule has 1 atom stereocenters. The van der Waals surface area contributed by atoms with Crippen LogP contribution in [0.2, 0.25) is 0 Å². The maximum atomic E-state index is 12.7. The maximum absolute atomic E-state index is 12.7. The van der Waals surface area contributed by atoms with Crippen molar-refractivity contribution in [1.29, 1.82) is 5.26 Å². The van der Waals surface area contributed by atoms with Gasteiger partial charge in [-0.2, -0.15) is 5.26 Å². The molecule has 0 spiro atoms. The minimum absolute atomic E-state index is 0.00385. The number of allylic oxidation sites excluding steroid dienone is 2. The highest BCUT2D eigenvalue weighted by atomic mass is 16.5. The first-order chi connectivity index (χ1) is 13.9. The number of hydrogen-bond donors (Lipinski definition) is 1. The predicted octanol–water partition coefficient (Wildman–Crippen LogP) is 3.18. The van der Waals surface area contributed by atoms with E-state index in [-0.39, 0.29) is 23.6 Å². The monoisotopic (exact) mass is 399 g/mol. The van der Waals surface area contributed by atoms with Gasteiger partial charge in [-0.1, -0.05) is 19.9 Å². The van der Waals surface area contributed by atoms with E-state index in [1.807, 2.05) is 18.2 Å². The van der Waals surface area contributed by atoms with Gasteiger partial charge < -0.3 is 19.9 Å².